The SMILES string of the molecule is CCNC(=NCC(C)(O)c1ccc(C)o1)NCCOCCS(C)(=O)=O.I. The van der Waals surface area contributed by atoms with E-state index in [1.54, 1.807) is 19.1 Å². The third kappa shape index (κ3) is 10.3. The second-order valence-electron chi connectivity index (χ2n) is 6.05. The van der Waals surface area contributed by atoms with Crippen molar-refractivity contribution in [3.05, 3.63) is 23.7 Å². The number of hydrogen-bond acceptors (Lipinski definition) is 6. The fourth-order valence-corrected chi connectivity index (χ4v) is 2.35. The van der Waals surface area contributed by atoms with Gasteiger partial charge in [0.15, 0.2) is 5.96 Å². The summed E-state index contributed by atoms with van der Waals surface area (Å²) < 4.78 is 32.7. The summed E-state index contributed by atoms with van der Waals surface area (Å²) in [4.78, 5) is 4.36. The molecule has 0 aliphatic carbocycles. The average Bonchev–Trinajstić information content (AvgIpc) is 2.94. The van der Waals surface area contributed by atoms with Crippen LogP contribution in [0.15, 0.2) is 21.5 Å². The quantitative estimate of drug-likeness (QED) is 0.189. The van der Waals surface area contributed by atoms with E-state index >= 15 is 0 Å². The first-order valence-corrected chi connectivity index (χ1v) is 10.3. The zero-order valence-corrected chi connectivity index (χ0v) is 18.9. The van der Waals surface area contributed by atoms with Crippen LogP contribution >= 0.6 is 24.0 Å². The maximum atomic E-state index is 11.0. The molecule has 1 unspecified atom stereocenters. The van der Waals surface area contributed by atoms with Gasteiger partial charge in [0.2, 0.25) is 0 Å². The number of halogens is 1. The normalized spacial score (nSPS) is 14.4. The highest BCUT2D eigenvalue weighted by Crippen LogP contribution is 2.22. The number of guanidine groups is 1. The van der Waals surface area contributed by atoms with Crippen molar-refractivity contribution in [3.63, 3.8) is 0 Å². The van der Waals surface area contributed by atoms with Gasteiger partial charge in [-0.1, -0.05) is 0 Å². The van der Waals surface area contributed by atoms with E-state index in [1.165, 1.54) is 6.26 Å². The van der Waals surface area contributed by atoms with Gasteiger partial charge in [-0.15, -0.1) is 24.0 Å². The van der Waals surface area contributed by atoms with Crippen LogP contribution < -0.4 is 10.6 Å². The first-order chi connectivity index (χ1) is 11.6. The minimum atomic E-state index is -3.00. The van der Waals surface area contributed by atoms with Crippen molar-refractivity contribution in [3.8, 4) is 0 Å². The van der Waals surface area contributed by atoms with E-state index in [9.17, 15) is 13.5 Å². The van der Waals surface area contributed by atoms with Crippen LogP contribution in [0.2, 0.25) is 0 Å². The van der Waals surface area contributed by atoms with E-state index in [0.29, 0.717) is 31.4 Å². The molecule has 1 atom stereocenters. The van der Waals surface area contributed by atoms with E-state index in [0.717, 1.165) is 5.76 Å². The van der Waals surface area contributed by atoms with Crippen LogP contribution in [0.4, 0.5) is 0 Å². The number of furan rings is 1. The first-order valence-electron chi connectivity index (χ1n) is 8.21. The standard InChI is InChI=1S/C16H29N3O5S.HI/c1-5-17-15(18-8-9-23-10-11-25(4,21)22)19-12-16(3,20)14-7-6-13(2)24-14;/h6-7,20H,5,8-12H2,1-4H3,(H2,17,18,19);1H. The molecule has 8 nitrogen and oxygen atoms in total. The zero-order valence-electron chi connectivity index (χ0n) is 15.7. The summed E-state index contributed by atoms with van der Waals surface area (Å²) in [5.41, 5.74) is -1.21. The van der Waals surface area contributed by atoms with E-state index in [4.69, 9.17) is 9.15 Å². The number of aliphatic hydroxyl groups is 1. The van der Waals surface area contributed by atoms with Crippen molar-refractivity contribution in [2.24, 2.45) is 4.99 Å². The van der Waals surface area contributed by atoms with Gasteiger partial charge >= 0.3 is 0 Å². The summed E-state index contributed by atoms with van der Waals surface area (Å²) in [6.07, 6.45) is 1.18. The minimum absolute atomic E-state index is 0. The number of aryl methyl sites for hydroxylation is 1. The number of sulfone groups is 1. The molecule has 0 aliphatic rings. The molecule has 0 spiro atoms. The van der Waals surface area contributed by atoms with Crippen molar-refractivity contribution in [1.29, 1.82) is 0 Å². The molecule has 0 amide bonds. The maximum Gasteiger partial charge on any atom is 0.191 e. The highest BCUT2D eigenvalue weighted by molar-refractivity contribution is 14.0. The van der Waals surface area contributed by atoms with E-state index < -0.39 is 15.4 Å². The Bertz CT molecular complexity index is 659. The third-order valence-electron chi connectivity index (χ3n) is 3.30. The molecule has 0 aliphatic heterocycles. The van der Waals surface area contributed by atoms with Crippen LogP contribution in [0.1, 0.15) is 25.4 Å². The number of rotatable bonds is 10. The van der Waals surface area contributed by atoms with Crippen LogP contribution in [0.25, 0.3) is 0 Å². The number of nitrogens with one attached hydrogen (secondary N) is 2. The summed E-state index contributed by atoms with van der Waals surface area (Å²) in [7, 11) is -3.00. The van der Waals surface area contributed by atoms with Crippen molar-refractivity contribution in [1.82, 2.24) is 10.6 Å². The monoisotopic (exact) mass is 503 g/mol. The topological polar surface area (TPSA) is 113 Å². The lowest BCUT2D eigenvalue weighted by Crippen LogP contribution is -2.40. The van der Waals surface area contributed by atoms with Gasteiger partial charge in [0.05, 0.1) is 25.5 Å². The smallest absolute Gasteiger partial charge is 0.191 e. The fraction of sp³-hybridized carbons (Fsp3) is 0.688. The molecule has 1 aromatic heterocycles. The molecule has 0 saturated heterocycles. The number of hydrogen-bond donors (Lipinski definition) is 3. The molecule has 0 saturated carbocycles. The van der Waals surface area contributed by atoms with Crippen molar-refractivity contribution >= 4 is 39.8 Å². The molecule has 1 heterocycles. The molecule has 0 fully saturated rings. The zero-order chi connectivity index (χ0) is 18.9. The Balaban J connectivity index is 0.00000625. The Hall–Kier alpha value is -0.850. The predicted octanol–water partition coefficient (Wildman–Crippen LogP) is 1.03. The van der Waals surface area contributed by atoms with Gasteiger partial charge in [0.1, 0.15) is 27.0 Å². The summed E-state index contributed by atoms with van der Waals surface area (Å²) in [5, 5.41) is 16.6. The Morgan fingerprint density at radius 2 is 2.04 bits per heavy atom. The lowest BCUT2D eigenvalue weighted by Gasteiger charge is -2.19. The third-order valence-corrected chi connectivity index (χ3v) is 4.21. The Labute approximate surface area is 172 Å². The van der Waals surface area contributed by atoms with Gasteiger partial charge in [-0.05, 0) is 32.9 Å². The van der Waals surface area contributed by atoms with Crippen LogP contribution in [-0.2, 0) is 20.2 Å². The summed E-state index contributed by atoms with van der Waals surface area (Å²) in [6, 6.07) is 3.53. The van der Waals surface area contributed by atoms with E-state index in [1.807, 2.05) is 13.8 Å². The highest BCUT2D eigenvalue weighted by Gasteiger charge is 2.26. The Morgan fingerprint density at radius 1 is 1.35 bits per heavy atom. The van der Waals surface area contributed by atoms with Gasteiger partial charge in [-0.25, -0.2) is 13.4 Å². The van der Waals surface area contributed by atoms with Crippen molar-refractivity contribution in [2.45, 2.75) is 26.4 Å². The lowest BCUT2D eigenvalue weighted by molar-refractivity contribution is 0.0428. The van der Waals surface area contributed by atoms with Gasteiger partial charge in [-0.2, -0.15) is 0 Å². The van der Waals surface area contributed by atoms with Crippen LogP contribution in [0, 0.1) is 6.92 Å². The first kappa shape index (κ1) is 25.1. The number of ether oxygens (including phenoxy) is 1. The van der Waals surface area contributed by atoms with Crippen LogP contribution in [0.5, 0.6) is 0 Å². The summed E-state index contributed by atoms with van der Waals surface area (Å²) >= 11 is 0. The number of nitrogens with zero attached hydrogens (tertiary/aromatic N) is 1. The molecule has 1 aromatic rings. The number of aliphatic imine (C=N–C) groups is 1. The second kappa shape index (κ2) is 11.8. The minimum Gasteiger partial charge on any atom is -0.463 e. The molecule has 0 aromatic carbocycles. The molecule has 152 valence electrons. The maximum absolute atomic E-state index is 11.0. The predicted molar refractivity (Wildman–Crippen MR) is 113 cm³/mol. The summed E-state index contributed by atoms with van der Waals surface area (Å²) in [6.45, 7) is 7.19. The van der Waals surface area contributed by atoms with Crippen LogP contribution in [-0.4, -0.2) is 64.3 Å². The molecule has 0 bridgehead atoms. The van der Waals surface area contributed by atoms with Gasteiger partial charge < -0.3 is 24.9 Å². The molecule has 1 rings (SSSR count). The Kier molecular flexibility index (Phi) is 11.4. The lowest BCUT2D eigenvalue weighted by atomic mass is 10.0. The second-order valence-corrected chi connectivity index (χ2v) is 8.31. The van der Waals surface area contributed by atoms with E-state index in [2.05, 4.69) is 15.6 Å². The molecular formula is C16H30IN3O5S. The van der Waals surface area contributed by atoms with Crippen molar-refractivity contribution < 1.29 is 22.7 Å². The summed E-state index contributed by atoms with van der Waals surface area (Å²) in [5.74, 6) is 1.74. The fourth-order valence-electron chi connectivity index (χ4n) is 1.93. The molecular weight excluding hydrogens is 473 g/mol. The Morgan fingerprint density at radius 3 is 2.58 bits per heavy atom. The molecule has 10 heteroatoms. The molecule has 0 radical (unpaired) electrons. The largest absolute Gasteiger partial charge is 0.463 e. The van der Waals surface area contributed by atoms with Crippen molar-refractivity contribution in [2.75, 3.05) is 44.9 Å². The van der Waals surface area contributed by atoms with E-state index in [-0.39, 0.29) is 42.9 Å². The average molecular weight is 503 g/mol. The van der Waals surface area contributed by atoms with Gasteiger partial charge in [0, 0.05) is 19.3 Å². The van der Waals surface area contributed by atoms with Gasteiger partial charge in [-0.3, -0.25) is 0 Å². The molecule has 3 N–H and O–H groups in total. The highest BCUT2D eigenvalue weighted by atomic mass is 127. The molecule has 26 heavy (non-hydrogen) atoms. The van der Waals surface area contributed by atoms with Crippen LogP contribution in [0.3, 0.4) is 0 Å². The van der Waals surface area contributed by atoms with Gasteiger partial charge in [0.25, 0.3) is 0 Å².